The van der Waals surface area contributed by atoms with Crippen LogP contribution in [0, 0.1) is 33.9 Å². The van der Waals surface area contributed by atoms with Gasteiger partial charge in [-0.3, -0.25) is 9.63 Å². The van der Waals surface area contributed by atoms with E-state index in [2.05, 4.69) is 38.4 Å². The van der Waals surface area contributed by atoms with Crippen molar-refractivity contribution in [2.75, 3.05) is 11.9 Å². The van der Waals surface area contributed by atoms with Crippen molar-refractivity contribution >= 4 is 40.0 Å². The van der Waals surface area contributed by atoms with Gasteiger partial charge in [-0.05, 0) is 66.0 Å². The molecule has 1 heterocycles. The van der Waals surface area contributed by atoms with Gasteiger partial charge in [0.25, 0.3) is 5.91 Å². The summed E-state index contributed by atoms with van der Waals surface area (Å²) in [7, 11) is 0. The molecule has 0 unspecified atom stereocenters. The smallest absolute Gasteiger partial charge is 0.277 e. The van der Waals surface area contributed by atoms with Gasteiger partial charge in [-0.2, -0.15) is 0 Å². The van der Waals surface area contributed by atoms with Gasteiger partial charge in [0.1, 0.15) is 5.82 Å². The van der Waals surface area contributed by atoms with E-state index in [9.17, 15) is 18.0 Å². The number of hydrogen-bond acceptors (Lipinski definition) is 4. The molecule has 9 heteroatoms. The van der Waals surface area contributed by atoms with Crippen LogP contribution < -0.4 is 10.8 Å². The van der Waals surface area contributed by atoms with Crippen molar-refractivity contribution in [2.24, 2.45) is 5.92 Å². The molecule has 1 aliphatic carbocycles. The van der Waals surface area contributed by atoms with Crippen LogP contribution in [-0.2, 0) is 4.84 Å². The molecule has 2 N–H and O–H groups in total. The zero-order valence-electron chi connectivity index (χ0n) is 13.7. The molecule has 0 atom stereocenters. The Hall–Kier alpha value is -1.88. The van der Waals surface area contributed by atoms with E-state index in [1.54, 1.807) is 13.0 Å². The Morgan fingerprint density at radius 2 is 2.04 bits per heavy atom. The van der Waals surface area contributed by atoms with E-state index in [4.69, 9.17) is 4.84 Å². The Bertz CT molecular complexity index is 860. The van der Waals surface area contributed by atoms with E-state index in [1.807, 2.05) is 0 Å². The zero-order valence-corrected chi connectivity index (χ0v) is 15.9. The number of nitrogens with zero attached hydrogens (tertiary/aromatic N) is 1. The van der Waals surface area contributed by atoms with Gasteiger partial charge in [-0.1, -0.05) is 0 Å². The summed E-state index contributed by atoms with van der Waals surface area (Å²) < 4.78 is 42.5. The SMILES string of the molecule is Cc1cc(I)cnc1Nc1c(C(=O)NOCC2CC2)cc(F)c(F)c1F. The highest BCUT2D eigenvalue weighted by molar-refractivity contribution is 14.1. The third kappa shape index (κ3) is 4.26. The van der Waals surface area contributed by atoms with Crippen LogP contribution in [0.4, 0.5) is 24.7 Å². The number of amides is 1. The van der Waals surface area contributed by atoms with E-state index >= 15 is 0 Å². The Morgan fingerprint density at radius 3 is 2.69 bits per heavy atom. The number of hydroxylamine groups is 1. The van der Waals surface area contributed by atoms with E-state index in [0.717, 1.165) is 16.4 Å². The van der Waals surface area contributed by atoms with Gasteiger partial charge in [0.15, 0.2) is 17.5 Å². The van der Waals surface area contributed by atoms with Crippen LogP contribution in [0.3, 0.4) is 0 Å². The predicted molar refractivity (Wildman–Crippen MR) is 97.4 cm³/mol. The number of benzene rings is 1. The van der Waals surface area contributed by atoms with Crippen LogP contribution in [-0.4, -0.2) is 17.5 Å². The van der Waals surface area contributed by atoms with Crippen molar-refractivity contribution in [3.8, 4) is 0 Å². The quantitative estimate of drug-likeness (QED) is 0.372. The molecule has 0 aliphatic heterocycles. The number of aromatic nitrogens is 1. The zero-order chi connectivity index (χ0) is 18.8. The fraction of sp³-hybridized carbons (Fsp3) is 0.294. The van der Waals surface area contributed by atoms with Crippen LogP contribution >= 0.6 is 22.6 Å². The van der Waals surface area contributed by atoms with Gasteiger partial charge >= 0.3 is 0 Å². The molecule has 138 valence electrons. The summed E-state index contributed by atoms with van der Waals surface area (Å²) in [6, 6.07) is 2.39. The second-order valence-corrected chi connectivity index (χ2v) is 7.28. The molecule has 26 heavy (non-hydrogen) atoms. The minimum absolute atomic E-state index is 0.225. The van der Waals surface area contributed by atoms with Crippen LogP contribution in [0.15, 0.2) is 18.3 Å². The lowest BCUT2D eigenvalue weighted by Gasteiger charge is -2.15. The Balaban J connectivity index is 1.90. The molecular formula is C17H15F3IN3O2. The van der Waals surface area contributed by atoms with Gasteiger partial charge in [-0.15, -0.1) is 0 Å². The van der Waals surface area contributed by atoms with Gasteiger partial charge in [-0.25, -0.2) is 23.6 Å². The largest absolute Gasteiger partial charge is 0.337 e. The minimum atomic E-state index is -1.67. The van der Waals surface area contributed by atoms with Gasteiger partial charge in [0.05, 0.1) is 17.9 Å². The first-order valence-electron chi connectivity index (χ1n) is 7.85. The van der Waals surface area contributed by atoms with Crippen LogP contribution in [0.1, 0.15) is 28.8 Å². The molecule has 0 radical (unpaired) electrons. The summed E-state index contributed by atoms with van der Waals surface area (Å²) in [5.74, 6) is -4.92. The maximum Gasteiger partial charge on any atom is 0.277 e. The first-order valence-corrected chi connectivity index (χ1v) is 8.93. The van der Waals surface area contributed by atoms with E-state index in [1.165, 1.54) is 6.20 Å². The lowest BCUT2D eigenvalue weighted by Crippen LogP contribution is -2.26. The second-order valence-electron chi connectivity index (χ2n) is 6.04. The lowest BCUT2D eigenvalue weighted by molar-refractivity contribution is 0.0270. The highest BCUT2D eigenvalue weighted by Gasteiger charge is 2.25. The van der Waals surface area contributed by atoms with Crippen molar-refractivity contribution in [3.63, 3.8) is 0 Å². The number of carbonyl (C=O) groups is 1. The molecule has 2 aromatic rings. The highest BCUT2D eigenvalue weighted by Crippen LogP contribution is 2.30. The van der Waals surface area contributed by atoms with Gasteiger partial charge in [0.2, 0.25) is 0 Å². The molecule has 5 nitrogen and oxygen atoms in total. The van der Waals surface area contributed by atoms with Crippen molar-refractivity contribution in [3.05, 3.63) is 50.5 Å². The van der Waals surface area contributed by atoms with Crippen molar-refractivity contribution in [1.82, 2.24) is 10.5 Å². The summed E-state index contributed by atoms with van der Waals surface area (Å²) in [6.45, 7) is 2.03. The second kappa shape index (κ2) is 7.78. The average Bonchev–Trinajstić information content (AvgIpc) is 3.41. The molecule has 3 rings (SSSR count). The maximum atomic E-state index is 14.3. The molecule has 1 aliphatic rings. The van der Waals surface area contributed by atoms with Crippen molar-refractivity contribution < 1.29 is 22.8 Å². The summed E-state index contributed by atoms with van der Waals surface area (Å²) in [4.78, 5) is 21.4. The molecule has 0 bridgehead atoms. The number of rotatable bonds is 6. The first kappa shape index (κ1) is 18.9. The maximum absolute atomic E-state index is 14.3. The van der Waals surface area contributed by atoms with Crippen LogP contribution in [0.25, 0.3) is 0 Å². The third-order valence-corrected chi connectivity index (χ3v) is 4.47. The van der Waals surface area contributed by atoms with E-state index in [-0.39, 0.29) is 5.82 Å². The summed E-state index contributed by atoms with van der Waals surface area (Å²) in [5, 5.41) is 2.58. The fourth-order valence-corrected chi connectivity index (χ4v) is 2.86. The Labute approximate surface area is 161 Å². The number of aryl methyl sites for hydroxylation is 1. The molecule has 0 saturated heterocycles. The number of nitrogens with one attached hydrogen (secondary N) is 2. The van der Waals surface area contributed by atoms with Gasteiger partial charge in [0, 0.05) is 9.77 Å². The standard InChI is InChI=1S/C17H15F3IN3O2/c1-8-4-10(21)6-22-16(8)23-15-11(5-12(18)13(19)14(15)20)17(25)24-26-7-9-2-3-9/h4-6,9H,2-3,7H2,1H3,(H,22,23)(H,24,25). The van der Waals surface area contributed by atoms with Crippen molar-refractivity contribution in [2.45, 2.75) is 19.8 Å². The minimum Gasteiger partial charge on any atom is -0.337 e. The van der Waals surface area contributed by atoms with E-state index in [0.29, 0.717) is 24.2 Å². The van der Waals surface area contributed by atoms with E-state index < -0.39 is 34.6 Å². The number of hydrogen-bond donors (Lipinski definition) is 2. The van der Waals surface area contributed by atoms with Crippen LogP contribution in [0.5, 0.6) is 0 Å². The van der Waals surface area contributed by atoms with Gasteiger partial charge < -0.3 is 5.32 Å². The first-order chi connectivity index (χ1) is 12.4. The number of pyridine rings is 1. The number of anilines is 2. The topological polar surface area (TPSA) is 63.2 Å². The normalized spacial score (nSPS) is 13.6. The number of halogens is 4. The predicted octanol–water partition coefficient (Wildman–Crippen LogP) is 4.23. The molecule has 1 amide bonds. The molecule has 1 aromatic carbocycles. The number of carbonyl (C=O) groups excluding carboxylic acids is 1. The molecule has 1 fully saturated rings. The molecule has 0 spiro atoms. The molecule has 1 aromatic heterocycles. The Morgan fingerprint density at radius 1 is 1.31 bits per heavy atom. The molecule has 1 saturated carbocycles. The van der Waals surface area contributed by atoms with Crippen molar-refractivity contribution in [1.29, 1.82) is 0 Å². The fourth-order valence-electron chi connectivity index (χ4n) is 2.25. The lowest BCUT2D eigenvalue weighted by atomic mass is 10.1. The Kier molecular flexibility index (Phi) is 5.66. The summed E-state index contributed by atoms with van der Waals surface area (Å²) >= 11 is 2.06. The molecular weight excluding hydrogens is 462 g/mol. The van der Waals surface area contributed by atoms with Crippen LogP contribution in [0.2, 0.25) is 0 Å². The summed E-state index contributed by atoms with van der Waals surface area (Å²) in [6.07, 6.45) is 3.55. The monoisotopic (exact) mass is 477 g/mol. The highest BCUT2D eigenvalue weighted by atomic mass is 127. The average molecular weight is 477 g/mol. The summed E-state index contributed by atoms with van der Waals surface area (Å²) in [5.41, 5.74) is 1.86. The third-order valence-electron chi connectivity index (χ3n) is 3.88.